The second-order valence-corrected chi connectivity index (χ2v) is 4.47. The molecule has 0 spiro atoms. The first-order valence-electron chi connectivity index (χ1n) is 5.79. The molecule has 1 amide bonds. The first kappa shape index (κ1) is 14.8. The molecule has 4 nitrogen and oxygen atoms in total. The fourth-order valence-corrected chi connectivity index (χ4v) is 2.24. The van der Waals surface area contributed by atoms with Gasteiger partial charge in [-0.2, -0.15) is 0 Å². The average molecular weight is 316 g/mol. The Morgan fingerprint density at radius 2 is 1.61 bits per heavy atom. The van der Waals surface area contributed by atoms with Gasteiger partial charge in [-0.05, 0) is 41.9 Å². The van der Waals surface area contributed by atoms with E-state index in [1.54, 1.807) is 31.3 Å². The maximum atomic E-state index is 12.3. The van der Waals surface area contributed by atoms with Gasteiger partial charge < -0.3 is 14.4 Å². The topological polar surface area (TPSA) is 38.8 Å². The number of hydrogen-bond donors (Lipinski definition) is 0. The highest BCUT2D eigenvalue weighted by molar-refractivity contribution is 9.10. The Labute approximate surface area is 116 Å². The molecule has 0 aliphatic heterocycles. The van der Waals surface area contributed by atoms with Gasteiger partial charge in [-0.3, -0.25) is 4.79 Å². The van der Waals surface area contributed by atoms with Crippen LogP contribution in [0.15, 0.2) is 16.6 Å². The van der Waals surface area contributed by atoms with Crippen LogP contribution in [0.1, 0.15) is 24.2 Å². The van der Waals surface area contributed by atoms with E-state index >= 15 is 0 Å². The SMILES string of the molecule is CCN(CC)C(=O)c1cc(OC)c(Br)c(OC)c1. The normalized spacial score (nSPS) is 10.1. The van der Waals surface area contributed by atoms with Crippen LogP contribution in [0.5, 0.6) is 11.5 Å². The van der Waals surface area contributed by atoms with Crippen molar-refractivity contribution in [2.24, 2.45) is 0 Å². The molecule has 0 saturated carbocycles. The van der Waals surface area contributed by atoms with Crippen LogP contribution in [0.25, 0.3) is 0 Å². The summed E-state index contributed by atoms with van der Waals surface area (Å²) in [6.07, 6.45) is 0. The number of benzene rings is 1. The molecule has 0 saturated heterocycles. The molecule has 0 bridgehead atoms. The Hall–Kier alpha value is -1.23. The van der Waals surface area contributed by atoms with Crippen LogP contribution < -0.4 is 9.47 Å². The van der Waals surface area contributed by atoms with Gasteiger partial charge in [-0.1, -0.05) is 0 Å². The number of hydrogen-bond acceptors (Lipinski definition) is 3. The number of halogens is 1. The molecule has 5 heteroatoms. The molecule has 0 aliphatic rings. The molecule has 0 fully saturated rings. The molecule has 0 heterocycles. The average Bonchev–Trinajstić information content (AvgIpc) is 2.40. The highest BCUT2D eigenvalue weighted by Crippen LogP contribution is 2.35. The first-order valence-corrected chi connectivity index (χ1v) is 6.59. The maximum absolute atomic E-state index is 12.3. The van der Waals surface area contributed by atoms with Crippen molar-refractivity contribution in [2.75, 3.05) is 27.3 Å². The van der Waals surface area contributed by atoms with Crippen molar-refractivity contribution >= 4 is 21.8 Å². The monoisotopic (exact) mass is 315 g/mol. The Bertz CT molecular complexity index is 405. The molecular formula is C13H18BrNO3. The van der Waals surface area contributed by atoms with Crippen molar-refractivity contribution in [2.45, 2.75) is 13.8 Å². The molecule has 18 heavy (non-hydrogen) atoms. The largest absolute Gasteiger partial charge is 0.495 e. The van der Waals surface area contributed by atoms with Crippen LogP contribution in [-0.4, -0.2) is 38.1 Å². The molecule has 0 aliphatic carbocycles. The molecule has 100 valence electrons. The number of carbonyl (C=O) groups excluding carboxylic acids is 1. The molecule has 0 aromatic heterocycles. The van der Waals surface area contributed by atoms with E-state index in [1.807, 2.05) is 13.8 Å². The summed E-state index contributed by atoms with van der Waals surface area (Å²) in [6.45, 7) is 5.26. The second-order valence-electron chi connectivity index (χ2n) is 3.67. The van der Waals surface area contributed by atoms with Crippen LogP contribution in [0.3, 0.4) is 0 Å². The van der Waals surface area contributed by atoms with Crippen molar-refractivity contribution in [3.8, 4) is 11.5 Å². The van der Waals surface area contributed by atoms with Crippen molar-refractivity contribution < 1.29 is 14.3 Å². The lowest BCUT2D eigenvalue weighted by molar-refractivity contribution is 0.0772. The molecular weight excluding hydrogens is 298 g/mol. The van der Waals surface area contributed by atoms with Crippen molar-refractivity contribution in [1.29, 1.82) is 0 Å². The summed E-state index contributed by atoms with van der Waals surface area (Å²) in [4.78, 5) is 14.0. The van der Waals surface area contributed by atoms with E-state index in [9.17, 15) is 4.79 Å². The van der Waals surface area contributed by atoms with E-state index in [0.717, 1.165) is 0 Å². The lowest BCUT2D eigenvalue weighted by Gasteiger charge is -2.19. The quantitative estimate of drug-likeness (QED) is 0.838. The second kappa shape index (κ2) is 6.64. The number of ether oxygens (including phenoxy) is 2. The van der Waals surface area contributed by atoms with Gasteiger partial charge in [-0.15, -0.1) is 0 Å². The van der Waals surface area contributed by atoms with E-state index in [1.165, 1.54) is 0 Å². The van der Waals surface area contributed by atoms with E-state index in [4.69, 9.17) is 9.47 Å². The van der Waals surface area contributed by atoms with E-state index in [2.05, 4.69) is 15.9 Å². The third kappa shape index (κ3) is 2.96. The fraction of sp³-hybridized carbons (Fsp3) is 0.462. The summed E-state index contributed by atoms with van der Waals surface area (Å²) in [6, 6.07) is 3.43. The molecule has 1 aromatic carbocycles. The van der Waals surface area contributed by atoms with Crippen LogP contribution in [0.2, 0.25) is 0 Å². The van der Waals surface area contributed by atoms with Crippen molar-refractivity contribution in [1.82, 2.24) is 4.90 Å². The van der Waals surface area contributed by atoms with Gasteiger partial charge in [0.1, 0.15) is 16.0 Å². The van der Waals surface area contributed by atoms with Gasteiger partial charge in [0.15, 0.2) is 0 Å². The van der Waals surface area contributed by atoms with E-state index in [0.29, 0.717) is 34.6 Å². The summed E-state index contributed by atoms with van der Waals surface area (Å²) in [5.74, 6) is 1.15. The third-order valence-corrected chi connectivity index (χ3v) is 3.52. The smallest absolute Gasteiger partial charge is 0.254 e. The third-order valence-electron chi connectivity index (χ3n) is 2.74. The number of methoxy groups -OCH3 is 2. The summed E-state index contributed by atoms with van der Waals surface area (Å²) < 4.78 is 11.2. The van der Waals surface area contributed by atoms with E-state index < -0.39 is 0 Å². The summed E-state index contributed by atoms with van der Waals surface area (Å²) in [7, 11) is 3.12. The predicted molar refractivity (Wildman–Crippen MR) is 74.5 cm³/mol. The molecule has 1 aromatic rings. The van der Waals surface area contributed by atoms with Gasteiger partial charge in [0.25, 0.3) is 5.91 Å². The molecule has 1 rings (SSSR count). The van der Waals surface area contributed by atoms with Crippen LogP contribution >= 0.6 is 15.9 Å². The molecule has 0 atom stereocenters. The van der Waals surface area contributed by atoms with Crippen molar-refractivity contribution in [3.63, 3.8) is 0 Å². The Balaban J connectivity index is 3.21. The van der Waals surface area contributed by atoms with Gasteiger partial charge >= 0.3 is 0 Å². The zero-order chi connectivity index (χ0) is 13.7. The van der Waals surface area contributed by atoms with Gasteiger partial charge in [0.2, 0.25) is 0 Å². The van der Waals surface area contributed by atoms with E-state index in [-0.39, 0.29) is 5.91 Å². The summed E-state index contributed by atoms with van der Waals surface area (Å²) in [5.41, 5.74) is 0.565. The number of amides is 1. The first-order chi connectivity index (χ1) is 8.58. The predicted octanol–water partition coefficient (Wildman–Crippen LogP) is 2.95. The van der Waals surface area contributed by atoms with Crippen molar-refractivity contribution in [3.05, 3.63) is 22.2 Å². The Morgan fingerprint density at radius 1 is 1.17 bits per heavy atom. The summed E-state index contributed by atoms with van der Waals surface area (Å²) in [5, 5.41) is 0. The lowest BCUT2D eigenvalue weighted by Crippen LogP contribution is -2.30. The van der Waals surface area contributed by atoms with Gasteiger partial charge in [-0.25, -0.2) is 0 Å². The molecule has 0 unspecified atom stereocenters. The molecule has 0 radical (unpaired) electrons. The Morgan fingerprint density at radius 3 is 1.94 bits per heavy atom. The van der Waals surface area contributed by atoms with Crippen LogP contribution in [-0.2, 0) is 0 Å². The number of carbonyl (C=O) groups is 1. The number of nitrogens with zero attached hydrogens (tertiary/aromatic N) is 1. The maximum Gasteiger partial charge on any atom is 0.254 e. The van der Waals surface area contributed by atoms with Crippen LogP contribution in [0.4, 0.5) is 0 Å². The zero-order valence-electron chi connectivity index (χ0n) is 11.1. The molecule has 0 N–H and O–H groups in total. The minimum Gasteiger partial charge on any atom is -0.495 e. The minimum absolute atomic E-state index is 0.0240. The Kier molecular flexibility index (Phi) is 5.47. The minimum atomic E-state index is -0.0240. The highest BCUT2D eigenvalue weighted by atomic mass is 79.9. The lowest BCUT2D eigenvalue weighted by atomic mass is 10.1. The number of rotatable bonds is 5. The van der Waals surface area contributed by atoms with Gasteiger partial charge in [0, 0.05) is 18.7 Å². The fourth-order valence-electron chi connectivity index (χ4n) is 1.69. The van der Waals surface area contributed by atoms with Crippen LogP contribution in [0, 0.1) is 0 Å². The zero-order valence-corrected chi connectivity index (χ0v) is 12.7. The highest BCUT2D eigenvalue weighted by Gasteiger charge is 2.17. The van der Waals surface area contributed by atoms with Gasteiger partial charge in [0.05, 0.1) is 14.2 Å². The summed E-state index contributed by atoms with van der Waals surface area (Å²) >= 11 is 3.38. The standard InChI is InChI=1S/C13H18BrNO3/c1-5-15(6-2)13(16)9-7-10(17-3)12(14)11(8-9)18-4/h7-8H,5-6H2,1-4H3.